The molecule has 0 aromatic rings. The lowest BCUT2D eigenvalue weighted by atomic mass is 9.90. The van der Waals surface area contributed by atoms with Gasteiger partial charge in [-0.3, -0.25) is 0 Å². The topological polar surface area (TPSA) is 24.1 Å². The lowest BCUT2D eigenvalue weighted by Gasteiger charge is -2.26. The second-order valence-corrected chi connectivity index (χ2v) is 4.43. The van der Waals surface area contributed by atoms with Crippen molar-refractivity contribution >= 4 is 0 Å². The van der Waals surface area contributed by atoms with E-state index in [2.05, 4.69) is 17.7 Å². The smallest absolute Gasteiger partial charge is 0.0182 e. The molecule has 0 bridgehead atoms. The zero-order valence-electron chi connectivity index (χ0n) is 8.03. The van der Waals surface area contributed by atoms with Crippen LogP contribution in [0.1, 0.15) is 32.1 Å². The molecular formula is C10H20N2. The van der Waals surface area contributed by atoms with E-state index in [1.54, 1.807) is 0 Å². The maximum absolute atomic E-state index is 3.48. The maximum Gasteiger partial charge on any atom is 0.0182 e. The van der Waals surface area contributed by atoms with Gasteiger partial charge >= 0.3 is 0 Å². The predicted octanol–water partition coefficient (Wildman–Crippen LogP) is 1.13. The Hall–Kier alpha value is -0.0800. The molecule has 2 heteroatoms. The van der Waals surface area contributed by atoms with Crippen LogP contribution in [0.3, 0.4) is 0 Å². The maximum atomic E-state index is 3.48. The van der Waals surface area contributed by atoms with E-state index in [-0.39, 0.29) is 0 Å². The highest BCUT2D eigenvalue weighted by molar-refractivity contribution is 5.02. The van der Waals surface area contributed by atoms with E-state index >= 15 is 0 Å². The Labute approximate surface area is 75.1 Å². The van der Waals surface area contributed by atoms with Gasteiger partial charge in [-0.25, -0.2) is 0 Å². The van der Waals surface area contributed by atoms with Crippen molar-refractivity contribution < 1.29 is 0 Å². The molecule has 1 aliphatic carbocycles. The first-order valence-electron chi connectivity index (χ1n) is 5.24. The highest BCUT2D eigenvalue weighted by atomic mass is 15.0. The molecule has 0 aromatic heterocycles. The van der Waals surface area contributed by atoms with E-state index in [4.69, 9.17) is 0 Å². The third-order valence-electron chi connectivity index (χ3n) is 3.52. The SMILES string of the molecule is CNC1(CC2CCNCC2)CC1. The Morgan fingerprint density at radius 3 is 2.50 bits per heavy atom. The van der Waals surface area contributed by atoms with Crippen LogP contribution in [0.15, 0.2) is 0 Å². The largest absolute Gasteiger partial charge is 0.317 e. The van der Waals surface area contributed by atoms with E-state index in [1.165, 1.54) is 45.2 Å². The summed E-state index contributed by atoms with van der Waals surface area (Å²) in [4.78, 5) is 0. The Bertz CT molecular complexity index is 146. The fourth-order valence-corrected chi connectivity index (χ4v) is 2.35. The highest BCUT2D eigenvalue weighted by Gasteiger charge is 2.42. The van der Waals surface area contributed by atoms with Gasteiger partial charge in [0.25, 0.3) is 0 Å². The van der Waals surface area contributed by atoms with Crippen molar-refractivity contribution in [1.29, 1.82) is 0 Å². The molecule has 1 saturated heterocycles. The predicted molar refractivity (Wildman–Crippen MR) is 51.2 cm³/mol. The van der Waals surface area contributed by atoms with Crippen LogP contribution in [0.2, 0.25) is 0 Å². The van der Waals surface area contributed by atoms with E-state index in [9.17, 15) is 0 Å². The van der Waals surface area contributed by atoms with Gasteiger partial charge in [-0.05, 0) is 58.2 Å². The van der Waals surface area contributed by atoms with Gasteiger partial charge in [0, 0.05) is 5.54 Å². The molecule has 1 heterocycles. The molecule has 0 aromatic carbocycles. The number of piperidine rings is 1. The monoisotopic (exact) mass is 168 g/mol. The highest BCUT2D eigenvalue weighted by Crippen LogP contribution is 2.42. The molecule has 0 radical (unpaired) electrons. The van der Waals surface area contributed by atoms with E-state index in [1.807, 2.05) is 0 Å². The summed E-state index contributed by atoms with van der Waals surface area (Å²) in [5.74, 6) is 0.987. The second kappa shape index (κ2) is 3.35. The number of nitrogens with one attached hydrogen (secondary N) is 2. The lowest BCUT2D eigenvalue weighted by molar-refractivity contribution is 0.307. The van der Waals surface area contributed by atoms with Gasteiger partial charge in [-0.2, -0.15) is 0 Å². The van der Waals surface area contributed by atoms with Crippen LogP contribution in [0.4, 0.5) is 0 Å². The first-order chi connectivity index (χ1) is 5.85. The minimum absolute atomic E-state index is 0.571. The molecule has 1 saturated carbocycles. The fraction of sp³-hybridized carbons (Fsp3) is 1.00. The Balaban J connectivity index is 1.77. The minimum Gasteiger partial charge on any atom is -0.317 e. The van der Waals surface area contributed by atoms with Crippen LogP contribution in [0.5, 0.6) is 0 Å². The molecule has 2 fully saturated rings. The van der Waals surface area contributed by atoms with Crippen LogP contribution in [-0.2, 0) is 0 Å². The molecule has 0 amide bonds. The summed E-state index contributed by atoms with van der Waals surface area (Å²) in [7, 11) is 2.12. The summed E-state index contributed by atoms with van der Waals surface area (Å²) in [6, 6.07) is 0. The summed E-state index contributed by atoms with van der Waals surface area (Å²) < 4.78 is 0. The second-order valence-electron chi connectivity index (χ2n) is 4.43. The quantitative estimate of drug-likeness (QED) is 0.660. The zero-order chi connectivity index (χ0) is 8.44. The molecular weight excluding hydrogens is 148 g/mol. The first kappa shape index (κ1) is 8.52. The van der Waals surface area contributed by atoms with Gasteiger partial charge < -0.3 is 10.6 Å². The first-order valence-corrected chi connectivity index (χ1v) is 5.24. The zero-order valence-corrected chi connectivity index (χ0v) is 8.03. The molecule has 0 atom stereocenters. The van der Waals surface area contributed by atoms with Crippen molar-refractivity contribution in [3.05, 3.63) is 0 Å². The molecule has 2 rings (SSSR count). The third-order valence-corrected chi connectivity index (χ3v) is 3.52. The standard InChI is InChI=1S/C10H20N2/c1-11-10(4-5-10)8-9-2-6-12-7-3-9/h9,11-12H,2-8H2,1H3. The van der Waals surface area contributed by atoms with Gasteiger partial charge in [-0.15, -0.1) is 0 Å². The van der Waals surface area contributed by atoms with E-state index in [0.717, 1.165) is 5.92 Å². The molecule has 12 heavy (non-hydrogen) atoms. The summed E-state index contributed by atoms with van der Waals surface area (Å²) in [6.07, 6.45) is 7.03. The summed E-state index contributed by atoms with van der Waals surface area (Å²) in [5, 5.41) is 6.90. The minimum atomic E-state index is 0.571. The summed E-state index contributed by atoms with van der Waals surface area (Å²) in [5.41, 5.74) is 0.571. The fourth-order valence-electron chi connectivity index (χ4n) is 2.35. The van der Waals surface area contributed by atoms with Crippen molar-refractivity contribution in [2.45, 2.75) is 37.6 Å². The molecule has 0 spiro atoms. The number of hydrogen-bond acceptors (Lipinski definition) is 2. The third kappa shape index (κ3) is 1.80. The van der Waals surface area contributed by atoms with Crippen molar-refractivity contribution in [2.75, 3.05) is 20.1 Å². The van der Waals surface area contributed by atoms with Crippen LogP contribution in [0, 0.1) is 5.92 Å². The van der Waals surface area contributed by atoms with E-state index < -0.39 is 0 Å². The van der Waals surface area contributed by atoms with Gasteiger partial charge in [0.1, 0.15) is 0 Å². The van der Waals surface area contributed by atoms with Gasteiger partial charge in [0.15, 0.2) is 0 Å². The Morgan fingerprint density at radius 2 is 2.00 bits per heavy atom. The number of hydrogen-bond donors (Lipinski definition) is 2. The van der Waals surface area contributed by atoms with Crippen molar-refractivity contribution in [3.63, 3.8) is 0 Å². The van der Waals surface area contributed by atoms with Crippen molar-refractivity contribution in [1.82, 2.24) is 10.6 Å². The average molecular weight is 168 g/mol. The molecule has 70 valence electrons. The molecule has 0 unspecified atom stereocenters. The Kier molecular flexibility index (Phi) is 2.37. The van der Waals surface area contributed by atoms with Crippen LogP contribution >= 0.6 is 0 Å². The Morgan fingerprint density at radius 1 is 1.33 bits per heavy atom. The summed E-state index contributed by atoms with van der Waals surface area (Å²) >= 11 is 0. The molecule has 2 N–H and O–H groups in total. The molecule has 1 aliphatic heterocycles. The normalized spacial score (nSPS) is 28.8. The van der Waals surface area contributed by atoms with Crippen LogP contribution in [-0.4, -0.2) is 25.7 Å². The summed E-state index contributed by atoms with van der Waals surface area (Å²) in [6.45, 7) is 2.48. The van der Waals surface area contributed by atoms with Gasteiger partial charge in [0.2, 0.25) is 0 Å². The average Bonchev–Trinajstić information content (AvgIpc) is 2.88. The molecule has 2 aliphatic rings. The lowest BCUT2D eigenvalue weighted by Crippen LogP contribution is -2.34. The van der Waals surface area contributed by atoms with Crippen LogP contribution in [0.25, 0.3) is 0 Å². The molecule has 2 nitrogen and oxygen atoms in total. The van der Waals surface area contributed by atoms with Gasteiger partial charge in [0.05, 0.1) is 0 Å². The van der Waals surface area contributed by atoms with Crippen molar-refractivity contribution in [3.8, 4) is 0 Å². The van der Waals surface area contributed by atoms with E-state index in [0.29, 0.717) is 5.54 Å². The van der Waals surface area contributed by atoms with Crippen LogP contribution < -0.4 is 10.6 Å². The van der Waals surface area contributed by atoms with Crippen molar-refractivity contribution in [2.24, 2.45) is 5.92 Å². The number of rotatable bonds is 3. The van der Waals surface area contributed by atoms with Gasteiger partial charge in [-0.1, -0.05) is 0 Å².